The number of ether oxygens (including phenoxy) is 1. The molecule has 0 spiro atoms. The summed E-state index contributed by atoms with van der Waals surface area (Å²) in [6, 6.07) is 6.61. The molecule has 0 aliphatic carbocycles. The molecule has 1 atom stereocenters. The summed E-state index contributed by atoms with van der Waals surface area (Å²) in [6.07, 6.45) is 1.56. The summed E-state index contributed by atoms with van der Waals surface area (Å²) in [5.41, 5.74) is 2.48. The van der Waals surface area contributed by atoms with Crippen molar-refractivity contribution in [3.8, 4) is 5.75 Å². The van der Waals surface area contributed by atoms with Gasteiger partial charge in [-0.1, -0.05) is 6.07 Å². The van der Waals surface area contributed by atoms with E-state index in [-0.39, 0.29) is 18.3 Å². The first kappa shape index (κ1) is 20.0. The van der Waals surface area contributed by atoms with E-state index in [0.717, 1.165) is 51.4 Å². The summed E-state index contributed by atoms with van der Waals surface area (Å²) in [5, 5.41) is 3.38. The Morgan fingerprint density at radius 2 is 1.96 bits per heavy atom. The number of nitrogens with one attached hydrogen (secondary N) is 1. The van der Waals surface area contributed by atoms with Crippen LogP contribution in [0.4, 0.5) is 0 Å². The molecular formula is C19H30ClN3O2. The predicted octanol–water partition coefficient (Wildman–Crippen LogP) is 2.00. The first-order valence-corrected chi connectivity index (χ1v) is 9.06. The normalized spacial score (nSPS) is 21.0. The minimum Gasteiger partial charge on any atom is -0.493 e. The van der Waals surface area contributed by atoms with Gasteiger partial charge in [-0.2, -0.15) is 0 Å². The molecule has 3 rings (SSSR count). The third-order valence-corrected chi connectivity index (χ3v) is 5.25. The second-order valence-electron chi connectivity index (χ2n) is 6.91. The molecule has 2 aliphatic heterocycles. The zero-order valence-electron chi connectivity index (χ0n) is 15.3. The SMILES string of the molecule is Cc1ccc(OCCC(=O)N2CCC(N3CCNCC3)C2)cc1C.Cl. The second-order valence-corrected chi connectivity index (χ2v) is 6.91. The van der Waals surface area contributed by atoms with E-state index in [1.165, 1.54) is 11.1 Å². The Balaban J connectivity index is 0.00000225. The number of benzene rings is 1. The van der Waals surface area contributed by atoms with E-state index >= 15 is 0 Å². The maximum atomic E-state index is 12.4. The summed E-state index contributed by atoms with van der Waals surface area (Å²) in [6.45, 7) is 10.7. The Bertz CT molecular complexity index is 576. The van der Waals surface area contributed by atoms with Crippen molar-refractivity contribution in [2.24, 2.45) is 0 Å². The summed E-state index contributed by atoms with van der Waals surface area (Å²) in [4.78, 5) is 16.9. The number of rotatable bonds is 5. The fourth-order valence-electron chi connectivity index (χ4n) is 3.53. The molecule has 2 heterocycles. The number of hydrogen-bond acceptors (Lipinski definition) is 4. The van der Waals surface area contributed by atoms with Crippen molar-refractivity contribution in [3.05, 3.63) is 29.3 Å². The van der Waals surface area contributed by atoms with Crippen LogP contribution in [0.1, 0.15) is 24.0 Å². The molecule has 1 aromatic rings. The van der Waals surface area contributed by atoms with Gasteiger partial charge in [0.2, 0.25) is 5.91 Å². The van der Waals surface area contributed by atoms with Crippen molar-refractivity contribution in [3.63, 3.8) is 0 Å². The fourth-order valence-corrected chi connectivity index (χ4v) is 3.53. The van der Waals surface area contributed by atoms with Crippen molar-refractivity contribution in [1.29, 1.82) is 0 Å². The molecule has 0 radical (unpaired) electrons. The maximum absolute atomic E-state index is 12.4. The zero-order valence-corrected chi connectivity index (χ0v) is 16.1. The Hall–Kier alpha value is -1.30. The van der Waals surface area contributed by atoms with Gasteiger partial charge in [-0.25, -0.2) is 0 Å². The summed E-state index contributed by atoms with van der Waals surface area (Å²) >= 11 is 0. The number of carbonyl (C=O) groups is 1. The Morgan fingerprint density at radius 3 is 2.68 bits per heavy atom. The molecule has 0 saturated carbocycles. The molecule has 1 unspecified atom stereocenters. The van der Waals surface area contributed by atoms with Crippen molar-refractivity contribution >= 4 is 18.3 Å². The van der Waals surface area contributed by atoms with Gasteiger partial charge in [-0.3, -0.25) is 9.69 Å². The van der Waals surface area contributed by atoms with Crippen LogP contribution in [-0.2, 0) is 4.79 Å². The molecule has 140 valence electrons. The third-order valence-electron chi connectivity index (χ3n) is 5.25. The molecule has 1 aromatic carbocycles. The lowest BCUT2D eigenvalue weighted by Crippen LogP contribution is -2.49. The average Bonchev–Trinajstić information content (AvgIpc) is 3.09. The highest BCUT2D eigenvalue weighted by Crippen LogP contribution is 2.18. The summed E-state index contributed by atoms with van der Waals surface area (Å²) < 4.78 is 5.75. The van der Waals surface area contributed by atoms with Gasteiger partial charge < -0.3 is 15.0 Å². The van der Waals surface area contributed by atoms with Gasteiger partial charge in [0, 0.05) is 45.3 Å². The van der Waals surface area contributed by atoms with E-state index in [9.17, 15) is 4.79 Å². The average molecular weight is 368 g/mol. The summed E-state index contributed by atoms with van der Waals surface area (Å²) in [5.74, 6) is 1.07. The largest absolute Gasteiger partial charge is 0.493 e. The lowest BCUT2D eigenvalue weighted by atomic mass is 10.1. The molecule has 6 heteroatoms. The van der Waals surface area contributed by atoms with E-state index in [0.29, 0.717) is 19.1 Å². The van der Waals surface area contributed by atoms with Gasteiger partial charge in [0.1, 0.15) is 5.75 Å². The van der Waals surface area contributed by atoms with Gasteiger partial charge in [0.15, 0.2) is 0 Å². The molecular weight excluding hydrogens is 338 g/mol. The third kappa shape index (κ3) is 5.33. The molecule has 5 nitrogen and oxygen atoms in total. The number of hydrogen-bond donors (Lipinski definition) is 1. The lowest BCUT2D eigenvalue weighted by Gasteiger charge is -2.32. The standard InChI is InChI=1S/C19H29N3O2.ClH/c1-15-3-4-18(13-16(15)2)24-12-6-19(23)22-9-5-17(14-22)21-10-7-20-8-11-21;/h3-4,13,17,20H,5-12,14H2,1-2H3;1H. The number of nitrogens with zero attached hydrogens (tertiary/aromatic N) is 2. The van der Waals surface area contributed by atoms with Crippen molar-refractivity contribution in [1.82, 2.24) is 15.1 Å². The number of piperazine rings is 1. The van der Waals surface area contributed by atoms with Gasteiger partial charge >= 0.3 is 0 Å². The van der Waals surface area contributed by atoms with Crippen molar-refractivity contribution in [2.45, 2.75) is 32.7 Å². The quantitative estimate of drug-likeness (QED) is 0.864. The fraction of sp³-hybridized carbons (Fsp3) is 0.632. The van der Waals surface area contributed by atoms with Gasteiger partial charge in [0.05, 0.1) is 13.0 Å². The first-order chi connectivity index (χ1) is 11.6. The van der Waals surface area contributed by atoms with Crippen LogP contribution in [0.5, 0.6) is 5.75 Å². The Kier molecular flexibility index (Phi) is 7.54. The predicted molar refractivity (Wildman–Crippen MR) is 103 cm³/mol. The van der Waals surface area contributed by atoms with Crippen LogP contribution >= 0.6 is 12.4 Å². The molecule has 0 bridgehead atoms. The molecule has 0 aromatic heterocycles. The topological polar surface area (TPSA) is 44.8 Å². The monoisotopic (exact) mass is 367 g/mol. The molecule has 25 heavy (non-hydrogen) atoms. The summed E-state index contributed by atoms with van der Waals surface area (Å²) in [7, 11) is 0. The minimum atomic E-state index is 0. The van der Waals surface area contributed by atoms with E-state index in [2.05, 4.69) is 30.1 Å². The number of halogens is 1. The number of aryl methyl sites for hydroxylation is 2. The van der Waals surface area contributed by atoms with E-state index < -0.39 is 0 Å². The molecule has 1 N–H and O–H groups in total. The Labute approximate surface area is 157 Å². The van der Waals surface area contributed by atoms with Crippen LogP contribution in [0.3, 0.4) is 0 Å². The van der Waals surface area contributed by atoms with Gasteiger partial charge in [0.25, 0.3) is 0 Å². The zero-order chi connectivity index (χ0) is 16.9. The molecule has 2 fully saturated rings. The maximum Gasteiger partial charge on any atom is 0.226 e. The van der Waals surface area contributed by atoms with E-state index in [1.807, 2.05) is 17.0 Å². The van der Waals surface area contributed by atoms with Crippen LogP contribution in [0.15, 0.2) is 18.2 Å². The van der Waals surface area contributed by atoms with Crippen molar-refractivity contribution < 1.29 is 9.53 Å². The molecule has 2 saturated heterocycles. The van der Waals surface area contributed by atoms with Crippen LogP contribution in [-0.4, -0.2) is 67.6 Å². The molecule has 2 aliphatic rings. The lowest BCUT2D eigenvalue weighted by molar-refractivity contribution is -0.130. The Morgan fingerprint density at radius 1 is 1.20 bits per heavy atom. The van der Waals surface area contributed by atoms with Crippen LogP contribution in [0.25, 0.3) is 0 Å². The van der Waals surface area contributed by atoms with Gasteiger partial charge in [-0.15, -0.1) is 12.4 Å². The molecule has 1 amide bonds. The van der Waals surface area contributed by atoms with Crippen LogP contribution in [0.2, 0.25) is 0 Å². The van der Waals surface area contributed by atoms with Gasteiger partial charge in [-0.05, 0) is 43.5 Å². The minimum absolute atomic E-state index is 0. The highest BCUT2D eigenvalue weighted by atomic mass is 35.5. The van der Waals surface area contributed by atoms with E-state index in [4.69, 9.17) is 4.74 Å². The van der Waals surface area contributed by atoms with E-state index in [1.54, 1.807) is 0 Å². The number of amides is 1. The number of likely N-dealkylation sites (tertiary alicyclic amines) is 1. The smallest absolute Gasteiger partial charge is 0.226 e. The second kappa shape index (κ2) is 9.41. The highest BCUT2D eigenvalue weighted by molar-refractivity contribution is 5.85. The highest BCUT2D eigenvalue weighted by Gasteiger charge is 2.30. The van der Waals surface area contributed by atoms with Crippen molar-refractivity contribution in [2.75, 3.05) is 45.9 Å². The van der Waals surface area contributed by atoms with Crippen LogP contribution in [0, 0.1) is 13.8 Å². The number of carbonyl (C=O) groups excluding carboxylic acids is 1. The van der Waals surface area contributed by atoms with Crippen LogP contribution < -0.4 is 10.1 Å². The first-order valence-electron chi connectivity index (χ1n) is 9.06.